The first-order chi connectivity index (χ1) is 8.27. The van der Waals surface area contributed by atoms with Crippen LogP contribution in [0.5, 0.6) is 0 Å². The van der Waals surface area contributed by atoms with E-state index < -0.39 is 28.4 Å². The number of anilines is 1. The maximum Gasteiger partial charge on any atom is 0.324 e. The molecule has 0 aliphatic heterocycles. The lowest BCUT2D eigenvalue weighted by atomic mass is 10.2. The van der Waals surface area contributed by atoms with Crippen LogP contribution < -0.4 is 4.31 Å². The standard InChI is InChI=1S/C11H14FNO4S/c1-3-18(16,17)13(7-11(14)15)10-5-4-8(2)6-9(10)12/h4-6H,3,7H2,1-2H3,(H,14,15). The average Bonchev–Trinajstić information content (AvgIpc) is 2.26. The van der Waals surface area contributed by atoms with Crippen LogP contribution in [0.4, 0.5) is 10.1 Å². The Morgan fingerprint density at radius 1 is 1.44 bits per heavy atom. The number of halogens is 1. The van der Waals surface area contributed by atoms with Crippen LogP contribution in [0.3, 0.4) is 0 Å². The summed E-state index contributed by atoms with van der Waals surface area (Å²) in [4.78, 5) is 10.7. The van der Waals surface area contributed by atoms with E-state index in [-0.39, 0.29) is 11.4 Å². The van der Waals surface area contributed by atoms with E-state index in [2.05, 4.69) is 0 Å². The fourth-order valence-corrected chi connectivity index (χ4v) is 2.49. The maximum atomic E-state index is 13.7. The van der Waals surface area contributed by atoms with Gasteiger partial charge in [0.2, 0.25) is 10.0 Å². The minimum atomic E-state index is -3.83. The van der Waals surface area contributed by atoms with E-state index in [9.17, 15) is 17.6 Å². The third kappa shape index (κ3) is 3.19. The van der Waals surface area contributed by atoms with Crippen LogP contribution in [0, 0.1) is 12.7 Å². The van der Waals surface area contributed by atoms with Gasteiger partial charge in [-0.15, -0.1) is 0 Å². The third-order valence-corrected chi connectivity index (χ3v) is 4.08. The van der Waals surface area contributed by atoms with Crippen molar-refractivity contribution < 1.29 is 22.7 Å². The normalized spacial score (nSPS) is 11.3. The summed E-state index contributed by atoms with van der Waals surface area (Å²) in [5, 5.41) is 8.72. The van der Waals surface area contributed by atoms with Crippen molar-refractivity contribution >= 4 is 21.7 Å². The van der Waals surface area contributed by atoms with E-state index in [0.29, 0.717) is 9.87 Å². The van der Waals surface area contributed by atoms with Gasteiger partial charge in [-0.25, -0.2) is 12.8 Å². The van der Waals surface area contributed by atoms with Gasteiger partial charge < -0.3 is 5.11 Å². The molecule has 1 aromatic carbocycles. The molecule has 0 aliphatic carbocycles. The number of nitrogens with zero attached hydrogens (tertiary/aromatic N) is 1. The zero-order chi connectivity index (χ0) is 13.9. The summed E-state index contributed by atoms with van der Waals surface area (Å²) < 4.78 is 37.8. The highest BCUT2D eigenvalue weighted by atomic mass is 32.2. The van der Waals surface area contributed by atoms with Crippen molar-refractivity contribution in [1.29, 1.82) is 0 Å². The minimum absolute atomic E-state index is 0.246. The number of hydrogen-bond donors (Lipinski definition) is 1. The smallest absolute Gasteiger partial charge is 0.324 e. The first-order valence-corrected chi connectivity index (χ1v) is 6.87. The van der Waals surface area contributed by atoms with Crippen molar-refractivity contribution in [2.45, 2.75) is 13.8 Å². The molecule has 1 N–H and O–H groups in total. The van der Waals surface area contributed by atoms with Gasteiger partial charge in [0.05, 0.1) is 11.4 Å². The average molecular weight is 275 g/mol. The van der Waals surface area contributed by atoms with Crippen molar-refractivity contribution in [3.05, 3.63) is 29.6 Å². The van der Waals surface area contributed by atoms with Crippen molar-refractivity contribution in [1.82, 2.24) is 0 Å². The number of aryl methyl sites for hydroxylation is 1. The molecule has 5 nitrogen and oxygen atoms in total. The van der Waals surface area contributed by atoms with Crippen LogP contribution >= 0.6 is 0 Å². The lowest BCUT2D eigenvalue weighted by molar-refractivity contribution is -0.135. The molecule has 0 aromatic heterocycles. The lowest BCUT2D eigenvalue weighted by Gasteiger charge is -2.22. The summed E-state index contributed by atoms with van der Waals surface area (Å²) >= 11 is 0. The molecule has 0 radical (unpaired) electrons. The zero-order valence-electron chi connectivity index (χ0n) is 10.1. The summed E-state index contributed by atoms with van der Waals surface area (Å²) in [6.07, 6.45) is 0. The van der Waals surface area contributed by atoms with Gasteiger partial charge in [0, 0.05) is 0 Å². The molecule has 0 aliphatic rings. The summed E-state index contributed by atoms with van der Waals surface area (Å²) in [6.45, 7) is 2.23. The molecular formula is C11H14FNO4S. The van der Waals surface area contributed by atoms with Gasteiger partial charge in [-0.2, -0.15) is 0 Å². The van der Waals surface area contributed by atoms with Crippen LogP contribution in [0.25, 0.3) is 0 Å². The molecule has 7 heteroatoms. The highest BCUT2D eigenvalue weighted by Crippen LogP contribution is 2.23. The second-order valence-corrected chi connectivity index (χ2v) is 5.94. The number of rotatable bonds is 5. The molecule has 100 valence electrons. The number of carboxylic acids is 1. The van der Waals surface area contributed by atoms with Crippen molar-refractivity contribution in [2.75, 3.05) is 16.6 Å². The summed E-state index contributed by atoms with van der Waals surface area (Å²) in [5.74, 6) is -2.39. The minimum Gasteiger partial charge on any atom is -0.480 e. The van der Waals surface area contributed by atoms with Gasteiger partial charge in [0.25, 0.3) is 0 Å². The molecule has 1 rings (SSSR count). The molecule has 1 aromatic rings. The van der Waals surface area contributed by atoms with E-state index in [1.165, 1.54) is 19.1 Å². The van der Waals surface area contributed by atoms with E-state index >= 15 is 0 Å². The third-order valence-electron chi connectivity index (χ3n) is 2.35. The molecule has 0 unspecified atom stereocenters. The molecular weight excluding hydrogens is 261 g/mol. The predicted octanol–water partition coefficient (Wildman–Crippen LogP) is 1.37. The van der Waals surface area contributed by atoms with Crippen LogP contribution in [0.2, 0.25) is 0 Å². The Bertz CT molecular complexity index is 556. The quantitative estimate of drug-likeness (QED) is 0.880. The Hall–Kier alpha value is -1.63. The second kappa shape index (κ2) is 5.34. The van der Waals surface area contributed by atoms with Gasteiger partial charge in [0.15, 0.2) is 0 Å². The number of carbonyl (C=O) groups is 1. The Morgan fingerprint density at radius 2 is 2.06 bits per heavy atom. The van der Waals surface area contributed by atoms with Gasteiger partial charge in [0.1, 0.15) is 12.4 Å². The monoisotopic (exact) mass is 275 g/mol. The summed E-state index contributed by atoms with van der Waals surface area (Å²) in [5.41, 5.74) is 0.380. The first kappa shape index (κ1) is 14.4. The SMILES string of the molecule is CCS(=O)(=O)N(CC(=O)O)c1ccc(C)cc1F. The Morgan fingerprint density at radius 3 is 2.50 bits per heavy atom. The first-order valence-electron chi connectivity index (χ1n) is 5.26. The molecule has 0 heterocycles. The van der Waals surface area contributed by atoms with E-state index in [1.54, 1.807) is 6.92 Å². The number of hydrogen-bond acceptors (Lipinski definition) is 3. The van der Waals surface area contributed by atoms with Crippen LogP contribution in [-0.2, 0) is 14.8 Å². The molecule has 0 spiro atoms. The van der Waals surface area contributed by atoms with Gasteiger partial charge in [-0.1, -0.05) is 6.07 Å². The van der Waals surface area contributed by atoms with E-state index in [4.69, 9.17) is 5.11 Å². The van der Waals surface area contributed by atoms with Gasteiger partial charge >= 0.3 is 5.97 Å². The molecule has 0 saturated heterocycles. The number of benzene rings is 1. The second-order valence-electron chi connectivity index (χ2n) is 3.76. The number of sulfonamides is 1. The van der Waals surface area contributed by atoms with Crippen molar-refractivity contribution in [3.8, 4) is 0 Å². The summed E-state index contributed by atoms with van der Waals surface area (Å²) in [7, 11) is -3.83. The predicted molar refractivity (Wildman–Crippen MR) is 65.6 cm³/mol. The lowest BCUT2D eigenvalue weighted by Crippen LogP contribution is -2.37. The zero-order valence-corrected chi connectivity index (χ0v) is 10.9. The molecule has 0 amide bonds. The number of carboxylic acid groups (broad SMARTS) is 1. The fraction of sp³-hybridized carbons (Fsp3) is 0.364. The fourth-order valence-electron chi connectivity index (χ4n) is 1.43. The van der Waals surface area contributed by atoms with Gasteiger partial charge in [-0.3, -0.25) is 9.10 Å². The van der Waals surface area contributed by atoms with Crippen molar-refractivity contribution in [3.63, 3.8) is 0 Å². The largest absolute Gasteiger partial charge is 0.480 e. The van der Waals surface area contributed by atoms with Crippen LogP contribution in [0.1, 0.15) is 12.5 Å². The topological polar surface area (TPSA) is 74.7 Å². The van der Waals surface area contributed by atoms with E-state index in [0.717, 1.165) is 6.07 Å². The molecule has 18 heavy (non-hydrogen) atoms. The Kier molecular flexibility index (Phi) is 4.28. The highest BCUT2D eigenvalue weighted by molar-refractivity contribution is 7.92. The summed E-state index contributed by atoms with van der Waals surface area (Å²) in [6, 6.07) is 3.95. The molecule has 0 atom stereocenters. The maximum absolute atomic E-state index is 13.7. The van der Waals surface area contributed by atoms with Crippen LogP contribution in [-0.4, -0.2) is 31.8 Å². The highest BCUT2D eigenvalue weighted by Gasteiger charge is 2.25. The van der Waals surface area contributed by atoms with E-state index in [1.807, 2.05) is 0 Å². The number of aliphatic carboxylic acids is 1. The van der Waals surface area contributed by atoms with Crippen molar-refractivity contribution in [2.24, 2.45) is 0 Å². The molecule has 0 saturated carbocycles. The van der Waals surface area contributed by atoms with Crippen LogP contribution in [0.15, 0.2) is 18.2 Å². The molecule has 0 fully saturated rings. The van der Waals surface area contributed by atoms with Gasteiger partial charge in [-0.05, 0) is 31.5 Å². The Labute approximate surface area is 105 Å². The Balaban J connectivity index is 3.30. The molecule has 0 bridgehead atoms.